The van der Waals surface area contributed by atoms with Gasteiger partial charge in [-0.3, -0.25) is 0 Å². The molecule has 82 valence electrons. The minimum absolute atomic E-state index is 0.370. The maximum atomic E-state index is 10.9. The molecule has 0 saturated carbocycles. The predicted octanol–water partition coefficient (Wildman–Crippen LogP) is 1.23. The summed E-state index contributed by atoms with van der Waals surface area (Å²) in [4.78, 5) is 21.2. The van der Waals surface area contributed by atoms with Crippen LogP contribution < -0.4 is 10.4 Å². The number of nitrogens with one attached hydrogen (secondary N) is 1. The summed E-state index contributed by atoms with van der Waals surface area (Å²) in [5, 5.41) is 0. The zero-order valence-electron chi connectivity index (χ0n) is 8.80. The van der Waals surface area contributed by atoms with Crippen LogP contribution in [-0.2, 0) is 0 Å². The summed E-state index contributed by atoms with van der Waals surface area (Å²) in [6, 6.07) is 3.68. The van der Waals surface area contributed by atoms with E-state index < -0.39 is 0 Å². The zero-order valence-corrected chi connectivity index (χ0v) is 8.80. The smallest absolute Gasteiger partial charge is 0.344 e. The average molecular weight is 217 g/mol. The highest BCUT2D eigenvalue weighted by atomic mass is 16.5. The summed E-state index contributed by atoms with van der Waals surface area (Å²) < 4.78 is 5.39. The van der Waals surface area contributed by atoms with Crippen molar-refractivity contribution in [3.8, 4) is 17.0 Å². The maximum Gasteiger partial charge on any atom is 0.344 e. The minimum Gasteiger partial charge on any atom is -0.478 e. The molecule has 0 spiro atoms. The van der Waals surface area contributed by atoms with Crippen LogP contribution in [0.5, 0.6) is 5.88 Å². The normalized spacial score (nSPS) is 10.1. The number of hydrogen-bond acceptors (Lipinski definition) is 4. The fourth-order valence-electron chi connectivity index (χ4n) is 1.35. The fourth-order valence-corrected chi connectivity index (χ4v) is 1.35. The molecule has 0 atom stereocenters. The maximum absolute atomic E-state index is 10.9. The third-order valence-electron chi connectivity index (χ3n) is 2.04. The van der Waals surface area contributed by atoms with E-state index in [2.05, 4.69) is 15.0 Å². The SMILES string of the molecule is CCOc1ncccc1-c1cnc(=O)[nH]c1. The first-order chi connectivity index (χ1) is 7.81. The van der Waals surface area contributed by atoms with Crippen LogP contribution >= 0.6 is 0 Å². The Kier molecular flexibility index (Phi) is 2.95. The van der Waals surface area contributed by atoms with Crippen LogP contribution in [-0.4, -0.2) is 21.6 Å². The number of hydrogen-bond donors (Lipinski definition) is 1. The monoisotopic (exact) mass is 217 g/mol. The van der Waals surface area contributed by atoms with Crippen molar-refractivity contribution in [3.05, 3.63) is 41.2 Å². The minimum atomic E-state index is -0.370. The number of ether oxygens (including phenoxy) is 1. The van der Waals surface area contributed by atoms with Gasteiger partial charge < -0.3 is 9.72 Å². The summed E-state index contributed by atoms with van der Waals surface area (Å²) in [6.07, 6.45) is 4.75. The van der Waals surface area contributed by atoms with E-state index in [9.17, 15) is 4.79 Å². The van der Waals surface area contributed by atoms with Crippen LogP contribution in [0.4, 0.5) is 0 Å². The highest BCUT2D eigenvalue weighted by Crippen LogP contribution is 2.25. The fraction of sp³-hybridized carbons (Fsp3) is 0.182. The van der Waals surface area contributed by atoms with Gasteiger partial charge in [-0.15, -0.1) is 0 Å². The Morgan fingerprint density at radius 2 is 2.31 bits per heavy atom. The Morgan fingerprint density at radius 1 is 1.44 bits per heavy atom. The molecule has 0 saturated heterocycles. The van der Waals surface area contributed by atoms with Gasteiger partial charge in [0.25, 0.3) is 0 Å². The highest BCUT2D eigenvalue weighted by Gasteiger charge is 2.06. The number of H-pyrrole nitrogens is 1. The van der Waals surface area contributed by atoms with Crippen LogP contribution in [0.3, 0.4) is 0 Å². The van der Waals surface area contributed by atoms with Crippen molar-refractivity contribution >= 4 is 0 Å². The van der Waals surface area contributed by atoms with E-state index in [1.165, 1.54) is 6.20 Å². The quantitative estimate of drug-likeness (QED) is 0.839. The molecule has 0 aliphatic carbocycles. The highest BCUT2D eigenvalue weighted by molar-refractivity contribution is 5.66. The van der Waals surface area contributed by atoms with Crippen LogP contribution in [0.2, 0.25) is 0 Å². The van der Waals surface area contributed by atoms with Crippen molar-refractivity contribution in [2.45, 2.75) is 6.92 Å². The van der Waals surface area contributed by atoms with Gasteiger partial charge in [0.1, 0.15) is 0 Å². The van der Waals surface area contributed by atoms with Crippen LogP contribution in [0.15, 0.2) is 35.5 Å². The van der Waals surface area contributed by atoms with Crippen molar-refractivity contribution in [2.75, 3.05) is 6.61 Å². The van der Waals surface area contributed by atoms with E-state index in [0.717, 1.165) is 11.1 Å². The third kappa shape index (κ3) is 2.08. The molecule has 5 nitrogen and oxygen atoms in total. The zero-order chi connectivity index (χ0) is 11.4. The molecule has 16 heavy (non-hydrogen) atoms. The molecule has 0 aliphatic rings. The lowest BCUT2D eigenvalue weighted by Gasteiger charge is -2.07. The van der Waals surface area contributed by atoms with Gasteiger partial charge in [-0.05, 0) is 19.1 Å². The van der Waals surface area contributed by atoms with Gasteiger partial charge in [-0.2, -0.15) is 0 Å². The van der Waals surface area contributed by atoms with E-state index in [1.54, 1.807) is 12.4 Å². The van der Waals surface area contributed by atoms with E-state index in [4.69, 9.17) is 4.74 Å². The molecule has 1 N–H and O–H groups in total. The predicted molar refractivity (Wildman–Crippen MR) is 59.3 cm³/mol. The second-order valence-electron chi connectivity index (χ2n) is 3.10. The second-order valence-corrected chi connectivity index (χ2v) is 3.10. The van der Waals surface area contributed by atoms with Crippen molar-refractivity contribution in [2.24, 2.45) is 0 Å². The number of nitrogens with zero attached hydrogens (tertiary/aromatic N) is 2. The first-order valence-electron chi connectivity index (χ1n) is 4.94. The number of aromatic amines is 1. The molecule has 0 aromatic carbocycles. The summed E-state index contributed by atoms with van der Waals surface area (Å²) in [6.45, 7) is 2.43. The molecule has 0 radical (unpaired) electrons. The van der Waals surface area contributed by atoms with Gasteiger partial charge in [0.05, 0.1) is 6.61 Å². The van der Waals surface area contributed by atoms with Crippen molar-refractivity contribution in [3.63, 3.8) is 0 Å². The Balaban J connectivity index is 2.46. The molecule has 2 heterocycles. The van der Waals surface area contributed by atoms with Gasteiger partial charge in [0.2, 0.25) is 5.88 Å². The lowest BCUT2D eigenvalue weighted by Crippen LogP contribution is -2.08. The first-order valence-corrected chi connectivity index (χ1v) is 4.94. The summed E-state index contributed by atoms with van der Waals surface area (Å²) >= 11 is 0. The van der Waals surface area contributed by atoms with Crippen LogP contribution in [0.25, 0.3) is 11.1 Å². The lowest BCUT2D eigenvalue weighted by atomic mass is 10.1. The second kappa shape index (κ2) is 4.57. The molecule has 0 fully saturated rings. The number of rotatable bonds is 3. The number of aromatic nitrogens is 3. The summed E-state index contributed by atoms with van der Waals surface area (Å²) in [7, 11) is 0. The summed E-state index contributed by atoms with van der Waals surface area (Å²) in [5.74, 6) is 0.541. The molecule has 2 aromatic heterocycles. The molecular weight excluding hydrogens is 206 g/mol. The van der Waals surface area contributed by atoms with Crippen LogP contribution in [0, 0.1) is 0 Å². The average Bonchev–Trinajstić information content (AvgIpc) is 2.32. The molecule has 2 aromatic rings. The van der Waals surface area contributed by atoms with E-state index >= 15 is 0 Å². The molecule has 0 unspecified atom stereocenters. The first kappa shape index (κ1) is 10.4. The van der Waals surface area contributed by atoms with E-state index in [0.29, 0.717) is 12.5 Å². The van der Waals surface area contributed by atoms with E-state index in [-0.39, 0.29) is 5.69 Å². The summed E-state index contributed by atoms with van der Waals surface area (Å²) in [5.41, 5.74) is 1.22. The Morgan fingerprint density at radius 3 is 3.00 bits per heavy atom. The Bertz CT molecular complexity index is 516. The lowest BCUT2D eigenvalue weighted by molar-refractivity contribution is 0.328. The molecule has 5 heteroatoms. The molecule has 0 bridgehead atoms. The molecule has 2 rings (SSSR count). The Hall–Kier alpha value is -2.17. The van der Waals surface area contributed by atoms with E-state index in [1.807, 2.05) is 19.1 Å². The molecule has 0 aliphatic heterocycles. The number of pyridine rings is 1. The van der Waals surface area contributed by atoms with Crippen molar-refractivity contribution in [1.29, 1.82) is 0 Å². The largest absolute Gasteiger partial charge is 0.478 e. The topological polar surface area (TPSA) is 67.9 Å². The van der Waals surface area contributed by atoms with Gasteiger partial charge in [-0.1, -0.05) is 0 Å². The van der Waals surface area contributed by atoms with Gasteiger partial charge in [-0.25, -0.2) is 14.8 Å². The standard InChI is InChI=1S/C11H11N3O2/c1-2-16-10-9(4-3-5-12-10)8-6-13-11(15)14-7-8/h3-7H,2H2,1H3,(H,13,14,15). The Labute approximate surface area is 92.2 Å². The van der Waals surface area contributed by atoms with Gasteiger partial charge >= 0.3 is 5.69 Å². The van der Waals surface area contributed by atoms with Gasteiger partial charge in [0.15, 0.2) is 0 Å². The van der Waals surface area contributed by atoms with Crippen LogP contribution in [0.1, 0.15) is 6.92 Å². The molecular formula is C11H11N3O2. The van der Waals surface area contributed by atoms with Crippen molar-refractivity contribution in [1.82, 2.24) is 15.0 Å². The third-order valence-corrected chi connectivity index (χ3v) is 2.04. The molecule has 0 amide bonds. The van der Waals surface area contributed by atoms with Crippen molar-refractivity contribution < 1.29 is 4.74 Å². The van der Waals surface area contributed by atoms with Gasteiger partial charge in [0, 0.05) is 29.7 Å².